The molecule has 0 amide bonds. The van der Waals surface area contributed by atoms with Crippen LogP contribution < -0.4 is 9.62 Å². The van der Waals surface area contributed by atoms with Gasteiger partial charge in [0, 0.05) is 25.7 Å². The molecular formula is C18H19F2N3O2S. The van der Waals surface area contributed by atoms with Gasteiger partial charge in [0.05, 0.1) is 11.4 Å². The molecule has 0 spiro atoms. The van der Waals surface area contributed by atoms with Crippen molar-refractivity contribution in [1.29, 1.82) is 0 Å². The summed E-state index contributed by atoms with van der Waals surface area (Å²) in [4.78, 5) is 0. The van der Waals surface area contributed by atoms with Gasteiger partial charge in [-0.1, -0.05) is 12.1 Å². The van der Waals surface area contributed by atoms with Crippen LogP contribution in [-0.2, 0) is 16.8 Å². The Balaban J connectivity index is 1.75. The molecule has 1 aliphatic heterocycles. The van der Waals surface area contributed by atoms with Crippen LogP contribution in [0.4, 0.5) is 20.2 Å². The van der Waals surface area contributed by atoms with Crippen molar-refractivity contribution in [3.05, 3.63) is 59.7 Å². The second-order valence-electron chi connectivity index (χ2n) is 6.56. The van der Waals surface area contributed by atoms with Gasteiger partial charge in [0.1, 0.15) is 11.6 Å². The molecule has 138 valence electrons. The van der Waals surface area contributed by atoms with Gasteiger partial charge in [-0.25, -0.2) is 13.1 Å². The normalized spacial score (nSPS) is 19.4. The van der Waals surface area contributed by atoms with E-state index in [1.807, 2.05) is 0 Å². The average molecular weight is 379 g/mol. The van der Waals surface area contributed by atoms with Crippen LogP contribution >= 0.6 is 0 Å². The Bertz CT molecular complexity index is 932. The Kier molecular flexibility index (Phi) is 4.42. The summed E-state index contributed by atoms with van der Waals surface area (Å²) in [6.45, 7) is 0.798. The summed E-state index contributed by atoms with van der Waals surface area (Å²) < 4.78 is 56.7. The molecule has 0 atom stereocenters. The fourth-order valence-corrected chi connectivity index (χ4v) is 4.81. The second-order valence-corrected chi connectivity index (χ2v) is 8.34. The Morgan fingerprint density at radius 2 is 1.85 bits per heavy atom. The fraction of sp³-hybridized carbons (Fsp3) is 0.333. The predicted octanol–water partition coefficient (Wildman–Crippen LogP) is 2.92. The average Bonchev–Trinajstić information content (AvgIpc) is 3.41. The third-order valence-electron chi connectivity index (χ3n) is 4.61. The van der Waals surface area contributed by atoms with Crippen LogP contribution in [0.25, 0.3) is 0 Å². The molecule has 0 bridgehead atoms. The largest absolute Gasteiger partial charge is 0.313 e. The maximum absolute atomic E-state index is 14.4. The number of hydrogen-bond donors (Lipinski definition) is 1. The minimum absolute atomic E-state index is 0.0622. The lowest BCUT2D eigenvalue weighted by molar-refractivity contribution is 0.392. The zero-order valence-electron chi connectivity index (χ0n) is 14.0. The van der Waals surface area contributed by atoms with Crippen LogP contribution in [0.15, 0.2) is 42.5 Å². The summed E-state index contributed by atoms with van der Waals surface area (Å²) in [6, 6.07) is 10.0. The van der Waals surface area contributed by atoms with E-state index in [1.165, 1.54) is 40.7 Å². The molecule has 8 heteroatoms. The van der Waals surface area contributed by atoms with E-state index in [-0.39, 0.29) is 24.5 Å². The number of hydrogen-bond acceptors (Lipinski definition) is 3. The quantitative estimate of drug-likeness (QED) is 0.869. The molecule has 0 aromatic heterocycles. The number of para-hydroxylation sites is 1. The van der Waals surface area contributed by atoms with Crippen molar-refractivity contribution >= 4 is 21.6 Å². The highest BCUT2D eigenvalue weighted by atomic mass is 32.2. The molecule has 1 saturated carbocycles. The van der Waals surface area contributed by atoms with Gasteiger partial charge in [-0.2, -0.15) is 12.7 Å². The number of nitrogens with zero attached hydrogens (tertiary/aromatic N) is 2. The standard InChI is InChI=1S/C18H19F2N3O2S/c19-14-5-8-17-13(11-14)12-22(10-9-21-15-6-7-15)26(24,25)23(17)18-4-2-1-3-16(18)20/h1-5,8,11,15,21H,6-7,9-10,12H2. The van der Waals surface area contributed by atoms with E-state index in [0.29, 0.717) is 18.2 Å². The predicted molar refractivity (Wildman–Crippen MR) is 95.3 cm³/mol. The zero-order valence-corrected chi connectivity index (χ0v) is 14.8. The number of nitrogens with one attached hydrogen (secondary N) is 1. The van der Waals surface area contributed by atoms with Gasteiger partial charge >= 0.3 is 10.2 Å². The van der Waals surface area contributed by atoms with E-state index in [9.17, 15) is 17.2 Å². The Morgan fingerprint density at radius 3 is 2.58 bits per heavy atom. The first kappa shape index (κ1) is 17.4. The highest BCUT2D eigenvalue weighted by Gasteiger charge is 2.38. The number of benzene rings is 2. The van der Waals surface area contributed by atoms with Crippen molar-refractivity contribution in [2.45, 2.75) is 25.4 Å². The first-order valence-electron chi connectivity index (χ1n) is 8.53. The molecule has 1 aliphatic carbocycles. The molecule has 1 heterocycles. The smallest absolute Gasteiger partial charge is 0.308 e. The van der Waals surface area contributed by atoms with E-state index in [0.717, 1.165) is 17.1 Å². The van der Waals surface area contributed by atoms with Gasteiger partial charge in [-0.3, -0.25) is 0 Å². The van der Waals surface area contributed by atoms with Crippen LogP contribution in [-0.4, -0.2) is 31.9 Å². The highest BCUT2D eigenvalue weighted by molar-refractivity contribution is 7.90. The Morgan fingerprint density at radius 1 is 1.08 bits per heavy atom. The summed E-state index contributed by atoms with van der Waals surface area (Å²) in [5.74, 6) is -1.10. The van der Waals surface area contributed by atoms with Crippen LogP contribution in [0.1, 0.15) is 18.4 Å². The van der Waals surface area contributed by atoms with Gasteiger partial charge in [0.2, 0.25) is 0 Å². The van der Waals surface area contributed by atoms with E-state index < -0.39 is 21.8 Å². The third kappa shape index (κ3) is 3.20. The molecule has 2 aliphatic rings. The van der Waals surface area contributed by atoms with Crippen molar-refractivity contribution in [2.24, 2.45) is 0 Å². The lowest BCUT2D eigenvalue weighted by atomic mass is 10.1. The summed E-state index contributed by atoms with van der Waals surface area (Å²) in [6.07, 6.45) is 2.20. The molecule has 26 heavy (non-hydrogen) atoms. The zero-order chi connectivity index (χ0) is 18.3. The van der Waals surface area contributed by atoms with Crippen LogP contribution in [0.2, 0.25) is 0 Å². The highest BCUT2D eigenvalue weighted by Crippen LogP contribution is 2.39. The monoisotopic (exact) mass is 379 g/mol. The number of anilines is 2. The number of halogens is 2. The van der Waals surface area contributed by atoms with Crippen molar-refractivity contribution in [2.75, 3.05) is 17.4 Å². The molecule has 0 unspecified atom stereocenters. The van der Waals surface area contributed by atoms with Crippen molar-refractivity contribution in [3.8, 4) is 0 Å². The van der Waals surface area contributed by atoms with Gasteiger partial charge < -0.3 is 5.32 Å². The summed E-state index contributed by atoms with van der Waals surface area (Å²) in [5.41, 5.74) is 0.720. The molecule has 1 N–H and O–H groups in total. The molecule has 0 radical (unpaired) electrons. The van der Waals surface area contributed by atoms with Gasteiger partial charge in [-0.15, -0.1) is 0 Å². The number of rotatable bonds is 5. The lowest BCUT2D eigenvalue weighted by Crippen LogP contribution is -2.47. The fourth-order valence-electron chi connectivity index (χ4n) is 3.14. The Labute approximate surface area is 151 Å². The summed E-state index contributed by atoms with van der Waals surface area (Å²) in [7, 11) is -3.98. The van der Waals surface area contributed by atoms with Crippen LogP contribution in [0.3, 0.4) is 0 Å². The van der Waals surface area contributed by atoms with Gasteiger partial charge in [0.15, 0.2) is 0 Å². The topological polar surface area (TPSA) is 52.7 Å². The SMILES string of the molecule is O=S1(=O)N(CCNC2CC2)Cc2cc(F)ccc2N1c1ccccc1F. The maximum atomic E-state index is 14.4. The van der Waals surface area contributed by atoms with Crippen molar-refractivity contribution < 1.29 is 17.2 Å². The maximum Gasteiger partial charge on any atom is 0.308 e. The molecule has 1 fully saturated rings. The summed E-state index contributed by atoms with van der Waals surface area (Å²) >= 11 is 0. The molecule has 2 aromatic rings. The van der Waals surface area contributed by atoms with Gasteiger partial charge in [0.25, 0.3) is 0 Å². The van der Waals surface area contributed by atoms with Gasteiger partial charge in [-0.05, 0) is 48.7 Å². The van der Waals surface area contributed by atoms with E-state index >= 15 is 0 Å². The molecular weight excluding hydrogens is 360 g/mol. The molecule has 2 aromatic carbocycles. The van der Waals surface area contributed by atoms with Crippen molar-refractivity contribution in [3.63, 3.8) is 0 Å². The number of fused-ring (bicyclic) bond motifs is 1. The van der Waals surface area contributed by atoms with Crippen LogP contribution in [0.5, 0.6) is 0 Å². The molecule has 4 rings (SSSR count). The Hall–Kier alpha value is -2.03. The third-order valence-corrected chi connectivity index (χ3v) is 6.43. The molecule has 5 nitrogen and oxygen atoms in total. The minimum Gasteiger partial charge on any atom is -0.313 e. The van der Waals surface area contributed by atoms with E-state index in [4.69, 9.17) is 0 Å². The molecule has 0 saturated heterocycles. The first-order chi connectivity index (χ1) is 12.5. The first-order valence-corrected chi connectivity index (χ1v) is 9.93. The van der Waals surface area contributed by atoms with Crippen molar-refractivity contribution in [1.82, 2.24) is 9.62 Å². The summed E-state index contributed by atoms with van der Waals surface area (Å²) in [5, 5.41) is 3.27. The minimum atomic E-state index is -3.98. The van der Waals surface area contributed by atoms with E-state index in [1.54, 1.807) is 6.07 Å². The second kappa shape index (κ2) is 6.61. The van der Waals surface area contributed by atoms with Crippen LogP contribution in [0, 0.1) is 11.6 Å². The lowest BCUT2D eigenvalue weighted by Gasteiger charge is -2.37. The van der Waals surface area contributed by atoms with E-state index in [2.05, 4.69) is 5.32 Å².